The fraction of sp³-hybridized carbons (Fsp3) is 0.914. The van der Waals surface area contributed by atoms with Gasteiger partial charge in [0.25, 0.3) is 0 Å². The standard InChI is InChI=1S/C58H96O21/c1-11-53(5,71)20-12-13-29(2)48(69)77-47-46(78-50-45(68)42(65)39(62)32(25-59)73-50)41(64)33(26-60)74-51(47)72-27-34-40(63)43(66)44(67)49(75-34)76-38-18-21-54(6)35(55(38,7)28-61)17-23-57(9)36(54)15-14-30-31(16-22-56(30,57)8)58(10)24-19-37(79-58)52(3,4)70/h11,13,30-47,49-51,59-68,70-71H,1,12,14-28H2,2-10H3/b29-13+/t30?,31?,32-,33-,34-,35?,36?,37?,38?,39-,40-,41-,42+,43+,44-,45-,46+,47-,49+,50+,51-,53?,54?,55?,56?,57?,58?/m1/s1. The molecule has 4 saturated heterocycles. The van der Waals surface area contributed by atoms with Crippen LogP contribution in [0.4, 0.5) is 0 Å². The minimum atomic E-state index is -1.96. The lowest BCUT2D eigenvalue weighted by Crippen LogP contribution is -2.67. The maximum Gasteiger partial charge on any atom is 0.333 e. The van der Waals surface area contributed by atoms with Crippen LogP contribution in [0.3, 0.4) is 0 Å². The minimum absolute atomic E-state index is 0.00539. The Bertz CT molecular complexity index is 2140. The molecule has 8 fully saturated rings. The molecule has 12 N–H and O–H groups in total. The third-order valence-electron chi connectivity index (χ3n) is 21.8. The number of carbonyl (C=O) groups is 1. The van der Waals surface area contributed by atoms with E-state index in [1.807, 2.05) is 20.8 Å². The zero-order valence-electron chi connectivity index (χ0n) is 47.8. The van der Waals surface area contributed by atoms with Crippen molar-refractivity contribution < 1.29 is 104 Å². The van der Waals surface area contributed by atoms with Gasteiger partial charge >= 0.3 is 5.97 Å². The number of ether oxygens (including phenoxy) is 8. The number of carbonyl (C=O) groups excluding carboxylic acids is 1. The van der Waals surface area contributed by atoms with Crippen LogP contribution in [0.15, 0.2) is 24.3 Å². The Morgan fingerprint density at radius 3 is 1.85 bits per heavy atom. The molecule has 0 spiro atoms. The summed E-state index contributed by atoms with van der Waals surface area (Å²) in [6.45, 7) is 19.4. The summed E-state index contributed by atoms with van der Waals surface area (Å²) in [7, 11) is 0. The predicted octanol–water partition coefficient (Wildman–Crippen LogP) is 1.40. The molecule has 0 aromatic heterocycles. The molecular formula is C58H96O21. The van der Waals surface area contributed by atoms with Gasteiger partial charge in [0.05, 0.1) is 55.4 Å². The first-order chi connectivity index (χ1) is 36.9. The maximum absolute atomic E-state index is 13.8. The van der Waals surface area contributed by atoms with Crippen molar-refractivity contribution in [1.29, 1.82) is 0 Å². The first-order valence-electron chi connectivity index (χ1n) is 29.0. The molecule has 8 rings (SSSR count). The maximum atomic E-state index is 13.8. The fourth-order valence-corrected chi connectivity index (χ4v) is 16.6. The molecule has 454 valence electrons. The van der Waals surface area contributed by atoms with E-state index >= 15 is 0 Å². The monoisotopic (exact) mass is 1130 g/mol. The quantitative estimate of drug-likeness (QED) is 0.0399. The summed E-state index contributed by atoms with van der Waals surface area (Å²) in [6, 6.07) is 0. The third-order valence-corrected chi connectivity index (χ3v) is 21.8. The van der Waals surface area contributed by atoms with Gasteiger partial charge in [0.2, 0.25) is 0 Å². The van der Waals surface area contributed by atoms with E-state index in [-0.39, 0.29) is 58.9 Å². The second-order valence-electron chi connectivity index (χ2n) is 27.0. The van der Waals surface area contributed by atoms with Crippen molar-refractivity contribution in [2.45, 2.75) is 260 Å². The Labute approximate surface area is 465 Å². The van der Waals surface area contributed by atoms with E-state index in [1.54, 1.807) is 6.92 Å². The van der Waals surface area contributed by atoms with Crippen LogP contribution in [-0.4, -0.2) is 215 Å². The second kappa shape index (κ2) is 23.6. The molecule has 0 amide bonds. The van der Waals surface area contributed by atoms with E-state index in [0.29, 0.717) is 24.2 Å². The molecule has 21 heteroatoms. The van der Waals surface area contributed by atoms with Gasteiger partial charge in [-0.1, -0.05) is 39.8 Å². The van der Waals surface area contributed by atoms with Crippen LogP contribution in [0, 0.1) is 45.3 Å². The average Bonchev–Trinajstić information content (AvgIpc) is 3.87. The molecule has 8 aliphatic rings. The van der Waals surface area contributed by atoms with Gasteiger partial charge in [-0.25, -0.2) is 4.79 Å². The first-order valence-corrected chi connectivity index (χ1v) is 29.0. The Balaban J connectivity index is 0.988. The van der Waals surface area contributed by atoms with E-state index in [0.717, 1.165) is 57.8 Å². The zero-order valence-corrected chi connectivity index (χ0v) is 47.8. The van der Waals surface area contributed by atoms with Crippen molar-refractivity contribution in [2.75, 3.05) is 26.4 Å². The van der Waals surface area contributed by atoms with E-state index < -0.39 is 141 Å². The molecule has 27 atom stereocenters. The number of hydrogen-bond acceptors (Lipinski definition) is 21. The highest BCUT2D eigenvalue weighted by molar-refractivity contribution is 5.87. The van der Waals surface area contributed by atoms with Crippen molar-refractivity contribution in [3.8, 4) is 0 Å². The summed E-state index contributed by atoms with van der Waals surface area (Å²) in [4.78, 5) is 13.8. The highest BCUT2D eigenvalue weighted by atomic mass is 16.8. The summed E-state index contributed by atoms with van der Waals surface area (Å²) in [6.07, 6.45) is -14.5. The van der Waals surface area contributed by atoms with Crippen LogP contribution in [0.25, 0.3) is 0 Å². The number of aliphatic hydroxyl groups excluding tert-OH is 10. The van der Waals surface area contributed by atoms with Crippen LogP contribution in [0.5, 0.6) is 0 Å². The van der Waals surface area contributed by atoms with Crippen LogP contribution < -0.4 is 0 Å². The number of allylic oxidation sites excluding steroid dienone is 1. The molecule has 12 unspecified atom stereocenters. The SMILES string of the molecule is C=CC(C)(O)CC/C=C(\C)C(=O)O[C@H]1[C@H](OC[C@H]2O[C@@H](OC3CCC4(C)C(CCC5(C)C4CCC4C(C6(C)CCC(C(C)(C)O)O6)CCC45C)C3(C)CO)[C@H](O)[C@@H](O)[C@@H]2O)O[C@H](CO)[C@@H](O)[C@@H]1O[C@@H]1O[C@H](CO)[C@@H](O)[C@H](O)[C@H]1O. The first kappa shape index (κ1) is 63.2. The smallest absolute Gasteiger partial charge is 0.333 e. The van der Waals surface area contributed by atoms with E-state index in [1.165, 1.54) is 19.1 Å². The molecule has 4 aliphatic carbocycles. The Morgan fingerprint density at radius 2 is 1.24 bits per heavy atom. The topological polar surface area (TPSA) is 334 Å². The summed E-state index contributed by atoms with van der Waals surface area (Å²) in [5, 5.41) is 131. The normalized spacial score (nSPS) is 50.2. The van der Waals surface area contributed by atoms with Gasteiger partial charge in [-0.15, -0.1) is 6.58 Å². The fourth-order valence-electron chi connectivity index (χ4n) is 16.6. The summed E-state index contributed by atoms with van der Waals surface area (Å²) in [5.74, 6) is 0.234. The van der Waals surface area contributed by atoms with Crippen LogP contribution in [0.1, 0.15) is 139 Å². The number of aliphatic hydroxyl groups is 12. The van der Waals surface area contributed by atoms with Crippen LogP contribution in [-0.2, 0) is 42.7 Å². The molecule has 0 radical (unpaired) electrons. The molecule has 0 aromatic rings. The Morgan fingerprint density at radius 1 is 0.646 bits per heavy atom. The lowest BCUT2D eigenvalue weighted by atomic mass is 9.35. The lowest BCUT2D eigenvalue weighted by Gasteiger charge is -2.70. The third kappa shape index (κ3) is 11.5. The number of esters is 1. The predicted molar refractivity (Wildman–Crippen MR) is 281 cm³/mol. The van der Waals surface area contributed by atoms with E-state index in [4.69, 9.17) is 37.9 Å². The van der Waals surface area contributed by atoms with Gasteiger partial charge in [0.15, 0.2) is 25.0 Å². The highest BCUT2D eigenvalue weighted by Crippen LogP contribution is 2.76. The van der Waals surface area contributed by atoms with Crippen molar-refractivity contribution in [1.82, 2.24) is 0 Å². The molecular weight excluding hydrogens is 1030 g/mol. The highest BCUT2D eigenvalue weighted by Gasteiger charge is 2.71. The average molecular weight is 1130 g/mol. The molecule has 0 bridgehead atoms. The zero-order chi connectivity index (χ0) is 58.2. The number of fused-ring (bicyclic) bond motifs is 5. The van der Waals surface area contributed by atoms with Gasteiger partial charge in [0, 0.05) is 11.0 Å². The van der Waals surface area contributed by atoms with Crippen molar-refractivity contribution in [2.24, 2.45) is 45.3 Å². The van der Waals surface area contributed by atoms with Crippen LogP contribution >= 0.6 is 0 Å². The molecule has 79 heavy (non-hydrogen) atoms. The Kier molecular flexibility index (Phi) is 18.9. The van der Waals surface area contributed by atoms with E-state index in [9.17, 15) is 66.1 Å². The number of hydrogen-bond donors (Lipinski definition) is 12. The molecule has 21 nitrogen and oxygen atoms in total. The summed E-state index contributed by atoms with van der Waals surface area (Å²) in [5.41, 5.74) is -3.36. The van der Waals surface area contributed by atoms with Gasteiger partial charge in [0.1, 0.15) is 67.1 Å². The molecule has 4 heterocycles. The molecule has 4 aliphatic heterocycles. The minimum Gasteiger partial charge on any atom is -0.451 e. The van der Waals surface area contributed by atoms with Gasteiger partial charge in [-0.2, -0.15) is 0 Å². The van der Waals surface area contributed by atoms with Crippen molar-refractivity contribution in [3.63, 3.8) is 0 Å². The van der Waals surface area contributed by atoms with E-state index in [2.05, 4.69) is 34.3 Å². The summed E-state index contributed by atoms with van der Waals surface area (Å²) < 4.78 is 49.4. The van der Waals surface area contributed by atoms with Crippen molar-refractivity contribution >= 4 is 5.97 Å². The largest absolute Gasteiger partial charge is 0.451 e. The number of rotatable bonds is 18. The lowest BCUT2D eigenvalue weighted by molar-refractivity contribution is -0.368. The summed E-state index contributed by atoms with van der Waals surface area (Å²) >= 11 is 0. The van der Waals surface area contributed by atoms with Gasteiger partial charge in [-0.3, -0.25) is 0 Å². The van der Waals surface area contributed by atoms with Gasteiger partial charge in [-0.05, 0) is 152 Å². The van der Waals surface area contributed by atoms with Gasteiger partial charge < -0.3 is 99.2 Å². The molecule has 4 saturated carbocycles. The second-order valence-corrected chi connectivity index (χ2v) is 27.0. The Hall–Kier alpha value is -1.81. The van der Waals surface area contributed by atoms with Crippen LogP contribution in [0.2, 0.25) is 0 Å². The van der Waals surface area contributed by atoms with Crippen molar-refractivity contribution in [3.05, 3.63) is 24.3 Å². The molecule has 0 aromatic carbocycles.